The number of sulfonamides is 1. The molecule has 7 heteroatoms. The number of carbonyl (C=O) groups excluding carboxylic acids is 1. The molecule has 0 aromatic heterocycles. The zero-order chi connectivity index (χ0) is 13.8. The molecule has 0 aliphatic heterocycles. The number of benzene rings is 1. The van der Waals surface area contributed by atoms with E-state index >= 15 is 0 Å². The monoisotopic (exact) mass is 271 g/mol. The molecule has 0 bridgehead atoms. The van der Waals surface area contributed by atoms with Crippen LogP contribution < -0.4 is 15.8 Å². The fraction of sp³-hybridized carbons (Fsp3) is 0.364. The van der Waals surface area contributed by atoms with E-state index in [1.54, 1.807) is 13.8 Å². The van der Waals surface area contributed by atoms with Crippen LogP contribution in [-0.2, 0) is 14.8 Å². The van der Waals surface area contributed by atoms with Gasteiger partial charge in [0, 0.05) is 11.7 Å². The number of rotatable bonds is 5. The maximum Gasteiger partial charge on any atom is 0.240 e. The van der Waals surface area contributed by atoms with Gasteiger partial charge in [-0.1, -0.05) is 0 Å². The highest BCUT2D eigenvalue weighted by Gasteiger charge is 2.14. The Morgan fingerprint density at radius 1 is 1.28 bits per heavy atom. The lowest BCUT2D eigenvalue weighted by Crippen LogP contribution is -2.30. The summed E-state index contributed by atoms with van der Waals surface area (Å²) in [6, 6.07) is 5.71. The van der Waals surface area contributed by atoms with Gasteiger partial charge in [0.1, 0.15) is 0 Å². The van der Waals surface area contributed by atoms with E-state index in [0.717, 1.165) is 0 Å². The largest absolute Gasteiger partial charge is 0.325 e. The summed E-state index contributed by atoms with van der Waals surface area (Å²) < 4.78 is 26.1. The highest BCUT2D eigenvalue weighted by atomic mass is 32.2. The van der Waals surface area contributed by atoms with Gasteiger partial charge in [0.2, 0.25) is 15.9 Å². The molecule has 6 nitrogen and oxygen atoms in total. The van der Waals surface area contributed by atoms with E-state index in [-0.39, 0.29) is 23.4 Å². The summed E-state index contributed by atoms with van der Waals surface area (Å²) in [6.45, 7) is 3.37. The molecule has 4 N–H and O–H groups in total. The Bertz CT molecular complexity index is 509. The average Bonchev–Trinajstić information content (AvgIpc) is 2.28. The van der Waals surface area contributed by atoms with Crippen LogP contribution in [0.4, 0.5) is 5.69 Å². The molecule has 0 saturated carbocycles. The molecule has 0 heterocycles. The first-order valence-corrected chi connectivity index (χ1v) is 6.96. The van der Waals surface area contributed by atoms with Crippen LogP contribution in [0.2, 0.25) is 0 Å². The normalized spacial score (nSPS) is 11.6. The molecule has 1 aromatic rings. The van der Waals surface area contributed by atoms with Crippen LogP contribution in [-0.4, -0.2) is 26.9 Å². The molecule has 18 heavy (non-hydrogen) atoms. The van der Waals surface area contributed by atoms with E-state index in [0.29, 0.717) is 5.69 Å². The van der Waals surface area contributed by atoms with Crippen molar-refractivity contribution >= 4 is 21.6 Å². The summed E-state index contributed by atoms with van der Waals surface area (Å²) in [5.41, 5.74) is 5.66. The van der Waals surface area contributed by atoms with Gasteiger partial charge < -0.3 is 11.1 Å². The molecule has 0 saturated heterocycles. The minimum absolute atomic E-state index is 0.116. The van der Waals surface area contributed by atoms with Crippen LogP contribution in [0.5, 0.6) is 0 Å². The van der Waals surface area contributed by atoms with Crippen molar-refractivity contribution in [2.45, 2.75) is 24.8 Å². The number of carbonyl (C=O) groups is 1. The molecule has 0 spiro atoms. The highest BCUT2D eigenvalue weighted by molar-refractivity contribution is 7.89. The van der Waals surface area contributed by atoms with Crippen LogP contribution in [0.15, 0.2) is 29.2 Å². The van der Waals surface area contributed by atoms with Crippen molar-refractivity contribution in [1.29, 1.82) is 0 Å². The second-order valence-corrected chi connectivity index (χ2v) is 5.77. The molecule has 0 aliphatic carbocycles. The molecular weight excluding hydrogens is 254 g/mol. The minimum Gasteiger partial charge on any atom is -0.325 e. The lowest BCUT2D eigenvalue weighted by atomic mass is 10.3. The lowest BCUT2D eigenvalue weighted by Gasteiger charge is -2.10. The Hall–Kier alpha value is -1.44. The summed E-state index contributed by atoms with van der Waals surface area (Å²) in [4.78, 5) is 11.2. The maximum absolute atomic E-state index is 11.8. The molecule has 0 radical (unpaired) electrons. The average molecular weight is 271 g/mol. The van der Waals surface area contributed by atoms with E-state index < -0.39 is 10.0 Å². The SMILES string of the molecule is CC(C)NS(=O)(=O)c1ccc(NC(=O)CN)cc1. The Balaban J connectivity index is 2.86. The van der Waals surface area contributed by atoms with E-state index in [1.807, 2.05) is 0 Å². The number of amides is 1. The van der Waals surface area contributed by atoms with Crippen LogP contribution >= 0.6 is 0 Å². The number of hydrogen-bond donors (Lipinski definition) is 3. The van der Waals surface area contributed by atoms with Crippen LogP contribution in [0, 0.1) is 0 Å². The van der Waals surface area contributed by atoms with Gasteiger partial charge in [-0.3, -0.25) is 4.79 Å². The summed E-state index contributed by atoms with van der Waals surface area (Å²) in [5.74, 6) is -0.328. The van der Waals surface area contributed by atoms with Crippen LogP contribution in [0.3, 0.4) is 0 Å². The molecule has 0 aliphatic rings. The molecule has 1 amide bonds. The van der Waals surface area contributed by atoms with E-state index in [4.69, 9.17) is 5.73 Å². The van der Waals surface area contributed by atoms with Gasteiger partial charge in [0.25, 0.3) is 0 Å². The fourth-order valence-corrected chi connectivity index (χ4v) is 2.56. The van der Waals surface area contributed by atoms with Crippen molar-refractivity contribution in [2.75, 3.05) is 11.9 Å². The number of hydrogen-bond acceptors (Lipinski definition) is 4. The summed E-state index contributed by atoms with van der Waals surface area (Å²) in [6.07, 6.45) is 0. The molecule has 1 rings (SSSR count). The number of nitrogens with one attached hydrogen (secondary N) is 2. The number of anilines is 1. The summed E-state index contributed by atoms with van der Waals surface area (Å²) in [7, 11) is -3.50. The van der Waals surface area contributed by atoms with E-state index in [9.17, 15) is 13.2 Å². The Kier molecular flexibility index (Phi) is 4.83. The van der Waals surface area contributed by atoms with Crippen molar-refractivity contribution < 1.29 is 13.2 Å². The third kappa shape index (κ3) is 4.10. The van der Waals surface area contributed by atoms with E-state index in [1.165, 1.54) is 24.3 Å². The third-order valence-corrected chi connectivity index (χ3v) is 3.70. The predicted molar refractivity (Wildman–Crippen MR) is 69.6 cm³/mol. The van der Waals surface area contributed by atoms with Crippen molar-refractivity contribution in [3.63, 3.8) is 0 Å². The van der Waals surface area contributed by atoms with E-state index in [2.05, 4.69) is 10.0 Å². The molecular formula is C11H17N3O3S. The molecule has 100 valence electrons. The molecule has 0 fully saturated rings. The van der Waals surface area contributed by atoms with Gasteiger partial charge in [-0.25, -0.2) is 13.1 Å². The smallest absolute Gasteiger partial charge is 0.240 e. The first-order chi connectivity index (χ1) is 8.35. The zero-order valence-corrected chi connectivity index (χ0v) is 11.1. The van der Waals surface area contributed by atoms with Gasteiger partial charge in [-0.15, -0.1) is 0 Å². The van der Waals surface area contributed by atoms with Gasteiger partial charge in [0.15, 0.2) is 0 Å². The van der Waals surface area contributed by atoms with Gasteiger partial charge in [0.05, 0.1) is 11.4 Å². The first-order valence-electron chi connectivity index (χ1n) is 5.47. The van der Waals surface area contributed by atoms with Gasteiger partial charge >= 0.3 is 0 Å². The maximum atomic E-state index is 11.8. The van der Waals surface area contributed by atoms with Crippen LogP contribution in [0.25, 0.3) is 0 Å². The van der Waals surface area contributed by atoms with Crippen LogP contribution in [0.1, 0.15) is 13.8 Å². The Morgan fingerprint density at radius 2 is 1.83 bits per heavy atom. The molecule has 1 aromatic carbocycles. The number of nitrogens with two attached hydrogens (primary N) is 1. The van der Waals surface area contributed by atoms with Crippen molar-refractivity contribution in [3.05, 3.63) is 24.3 Å². The standard InChI is InChI=1S/C11H17N3O3S/c1-8(2)14-18(16,17)10-5-3-9(4-6-10)13-11(15)7-12/h3-6,8,14H,7,12H2,1-2H3,(H,13,15). The highest BCUT2D eigenvalue weighted by Crippen LogP contribution is 2.14. The topological polar surface area (TPSA) is 101 Å². The van der Waals surface area contributed by atoms with Crippen molar-refractivity contribution in [2.24, 2.45) is 5.73 Å². The quantitative estimate of drug-likeness (QED) is 0.715. The van der Waals surface area contributed by atoms with Gasteiger partial charge in [-0.2, -0.15) is 0 Å². The zero-order valence-electron chi connectivity index (χ0n) is 10.3. The first kappa shape index (κ1) is 14.6. The minimum atomic E-state index is -3.50. The third-order valence-electron chi connectivity index (χ3n) is 2.02. The summed E-state index contributed by atoms with van der Waals surface area (Å²) >= 11 is 0. The second-order valence-electron chi connectivity index (χ2n) is 4.05. The fourth-order valence-electron chi connectivity index (χ4n) is 1.31. The van der Waals surface area contributed by atoms with Crippen molar-refractivity contribution in [3.8, 4) is 0 Å². The molecule has 0 atom stereocenters. The summed E-state index contributed by atoms with van der Waals surface area (Å²) in [5, 5.41) is 2.53. The lowest BCUT2D eigenvalue weighted by molar-refractivity contribution is -0.114. The Labute approximate surface area is 107 Å². The van der Waals surface area contributed by atoms with Crippen molar-refractivity contribution in [1.82, 2.24) is 4.72 Å². The van der Waals surface area contributed by atoms with Gasteiger partial charge in [-0.05, 0) is 38.1 Å². The molecule has 0 unspecified atom stereocenters. The second kappa shape index (κ2) is 5.94. The Morgan fingerprint density at radius 3 is 2.28 bits per heavy atom. The predicted octanol–water partition coefficient (Wildman–Crippen LogP) is 0.271.